The first-order chi connectivity index (χ1) is 25.9. The van der Waals surface area contributed by atoms with Crippen molar-refractivity contribution in [1.29, 1.82) is 5.26 Å². The molecule has 0 N–H and O–H groups in total. The molecule has 1 aromatic heterocycles. The van der Waals surface area contributed by atoms with E-state index in [0.717, 1.165) is 61.9 Å². The Kier molecular flexibility index (Phi) is 8.43. The van der Waals surface area contributed by atoms with E-state index in [1.54, 1.807) is 0 Å². The van der Waals surface area contributed by atoms with E-state index >= 15 is 0 Å². The summed E-state index contributed by atoms with van der Waals surface area (Å²) in [7, 11) is 0. The SMILES string of the molecule is C[C@@H]1CC2C[C@H](C)CC(c3ccc(-c4ccccc4-c4nc(-c5ccccc5)nc(-c5ccc(-c6ccc7cc(C#N)ccc7c6)cc5)n4)cc3)(C2)C1. The van der Waals surface area contributed by atoms with Gasteiger partial charge in [0.1, 0.15) is 0 Å². The minimum atomic E-state index is 0.303. The van der Waals surface area contributed by atoms with E-state index in [2.05, 4.69) is 123 Å². The molecule has 2 bridgehead atoms. The van der Waals surface area contributed by atoms with Crippen molar-refractivity contribution in [3.05, 3.63) is 151 Å². The minimum absolute atomic E-state index is 0.303. The van der Waals surface area contributed by atoms with Crippen LogP contribution in [-0.2, 0) is 5.41 Å². The topological polar surface area (TPSA) is 62.5 Å². The highest BCUT2D eigenvalue weighted by atomic mass is 15.0. The number of fused-ring (bicyclic) bond motifs is 3. The average molecular weight is 687 g/mol. The van der Waals surface area contributed by atoms with Crippen molar-refractivity contribution in [3.63, 3.8) is 0 Å². The first-order valence-electron chi connectivity index (χ1n) is 19.0. The molecule has 6 aromatic carbocycles. The Labute approximate surface area is 312 Å². The van der Waals surface area contributed by atoms with Crippen LogP contribution in [0.4, 0.5) is 0 Å². The van der Waals surface area contributed by atoms with Crippen LogP contribution < -0.4 is 0 Å². The van der Waals surface area contributed by atoms with Crippen molar-refractivity contribution in [2.24, 2.45) is 17.8 Å². The molecular formula is C49H42N4. The van der Waals surface area contributed by atoms with Gasteiger partial charge in [0.2, 0.25) is 0 Å². The maximum absolute atomic E-state index is 9.30. The van der Waals surface area contributed by atoms with Gasteiger partial charge >= 0.3 is 0 Å². The molecule has 2 saturated carbocycles. The molecule has 2 fully saturated rings. The molecule has 0 amide bonds. The van der Waals surface area contributed by atoms with Gasteiger partial charge in [0, 0.05) is 16.7 Å². The summed E-state index contributed by atoms with van der Waals surface area (Å²) in [5.41, 5.74) is 9.87. The Balaban J connectivity index is 1.08. The van der Waals surface area contributed by atoms with E-state index in [9.17, 15) is 5.26 Å². The number of nitriles is 1. The highest BCUT2D eigenvalue weighted by molar-refractivity contribution is 5.88. The van der Waals surface area contributed by atoms with Crippen LogP contribution in [0.15, 0.2) is 140 Å². The number of hydrogen-bond acceptors (Lipinski definition) is 4. The molecule has 0 spiro atoms. The van der Waals surface area contributed by atoms with Crippen LogP contribution in [0.25, 0.3) is 67.2 Å². The van der Waals surface area contributed by atoms with Gasteiger partial charge in [-0.2, -0.15) is 5.26 Å². The van der Waals surface area contributed by atoms with Gasteiger partial charge in [0.05, 0.1) is 11.6 Å². The lowest BCUT2D eigenvalue weighted by atomic mass is 9.54. The van der Waals surface area contributed by atoms with Gasteiger partial charge < -0.3 is 0 Å². The number of rotatable bonds is 6. The molecule has 4 nitrogen and oxygen atoms in total. The van der Waals surface area contributed by atoms with Crippen molar-refractivity contribution in [1.82, 2.24) is 15.0 Å². The van der Waals surface area contributed by atoms with Crippen molar-refractivity contribution in [3.8, 4) is 62.5 Å². The fourth-order valence-electron chi connectivity index (χ4n) is 9.64. The van der Waals surface area contributed by atoms with Crippen LogP contribution in [0.2, 0.25) is 0 Å². The summed E-state index contributed by atoms with van der Waals surface area (Å²) >= 11 is 0. The minimum Gasteiger partial charge on any atom is -0.208 e. The van der Waals surface area contributed by atoms with Gasteiger partial charge in [0.25, 0.3) is 0 Å². The lowest BCUT2D eigenvalue weighted by Crippen LogP contribution is -2.42. The lowest BCUT2D eigenvalue weighted by molar-refractivity contribution is 0.0780. The third-order valence-electron chi connectivity index (χ3n) is 11.7. The van der Waals surface area contributed by atoms with Crippen molar-refractivity contribution >= 4 is 10.8 Å². The molecular weight excluding hydrogens is 645 g/mol. The van der Waals surface area contributed by atoms with Gasteiger partial charge in [-0.25, -0.2) is 15.0 Å². The van der Waals surface area contributed by atoms with Crippen LogP contribution in [0.5, 0.6) is 0 Å². The molecule has 53 heavy (non-hydrogen) atoms. The summed E-state index contributed by atoms with van der Waals surface area (Å²) in [5, 5.41) is 11.5. The molecule has 9 rings (SSSR count). The van der Waals surface area contributed by atoms with Crippen LogP contribution in [-0.4, -0.2) is 15.0 Å². The number of aromatic nitrogens is 3. The van der Waals surface area contributed by atoms with Crippen LogP contribution in [0.1, 0.15) is 57.1 Å². The number of benzene rings is 6. The maximum atomic E-state index is 9.30. The molecule has 7 aromatic rings. The third-order valence-corrected chi connectivity index (χ3v) is 11.7. The molecule has 1 heterocycles. The zero-order chi connectivity index (χ0) is 35.9. The van der Waals surface area contributed by atoms with Gasteiger partial charge in [-0.3, -0.25) is 0 Å². The van der Waals surface area contributed by atoms with E-state index in [1.807, 2.05) is 36.4 Å². The van der Waals surface area contributed by atoms with Gasteiger partial charge in [-0.05, 0) is 112 Å². The summed E-state index contributed by atoms with van der Waals surface area (Å²) in [4.78, 5) is 15.3. The second kappa shape index (κ2) is 13.6. The van der Waals surface area contributed by atoms with E-state index in [1.165, 1.54) is 43.2 Å². The Morgan fingerprint density at radius 3 is 1.75 bits per heavy atom. The zero-order valence-electron chi connectivity index (χ0n) is 30.3. The normalized spacial score (nSPS) is 20.9. The standard InChI is InChI=1S/C49H42N4/c1-32-24-35-25-33(2)29-49(28-32,30-35)43-22-20-37(21-23-43)44-10-6-7-11-45(44)48-52-46(38-8-4-3-5-9-38)51-47(53-48)39-16-14-36(15-17-39)41-19-18-40-26-34(31-50)12-13-42(40)27-41/h3-23,26-27,32-33,35H,24-25,28-30H2,1-2H3/t32-,33+,35?,49?. The summed E-state index contributed by atoms with van der Waals surface area (Å²) < 4.78 is 0. The third kappa shape index (κ3) is 6.42. The quantitative estimate of drug-likeness (QED) is 0.175. The monoisotopic (exact) mass is 686 g/mol. The highest BCUT2D eigenvalue weighted by Crippen LogP contribution is 2.54. The molecule has 2 aliphatic carbocycles. The summed E-state index contributed by atoms with van der Waals surface area (Å²) in [5.74, 6) is 4.37. The zero-order valence-corrected chi connectivity index (χ0v) is 30.3. The van der Waals surface area contributed by atoms with Gasteiger partial charge in [-0.15, -0.1) is 0 Å². The average Bonchev–Trinajstić information content (AvgIpc) is 3.20. The first-order valence-corrected chi connectivity index (χ1v) is 19.0. The predicted molar refractivity (Wildman–Crippen MR) is 216 cm³/mol. The molecule has 258 valence electrons. The number of nitrogens with zero attached hydrogens (tertiary/aromatic N) is 4. The van der Waals surface area contributed by atoms with Crippen LogP contribution in [0.3, 0.4) is 0 Å². The second-order valence-corrected chi connectivity index (χ2v) is 15.7. The molecule has 0 saturated heterocycles. The number of hydrogen-bond donors (Lipinski definition) is 0. The van der Waals surface area contributed by atoms with Gasteiger partial charge in [0.15, 0.2) is 17.5 Å². The Bertz CT molecular complexity index is 2460. The van der Waals surface area contributed by atoms with E-state index < -0.39 is 0 Å². The van der Waals surface area contributed by atoms with Crippen molar-refractivity contribution in [2.75, 3.05) is 0 Å². The molecule has 2 aliphatic rings. The second-order valence-electron chi connectivity index (χ2n) is 15.7. The first kappa shape index (κ1) is 33.0. The van der Waals surface area contributed by atoms with E-state index in [4.69, 9.17) is 15.0 Å². The van der Waals surface area contributed by atoms with Crippen LogP contribution >= 0.6 is 0 Å². The molecule has 4 heteroatoms. The summed E-state index contributed by atoms with van der Waals surface area (Å²) in [6.45, 7) is 4.92. The van der Waals surface area contributed by atoms with E-state index in [0.29, 0.717) is 28.5 Å². The Morgan fingerprint density at radius 2 is 1.06 bits per heavy atom. The Morgan fingerprint density at radius 1 is 0.509 bits per heavy atom. The highest BCUT2D eigenvalue weighted by Gasteiger charge is 2.45. The summed E-state index contributed by atoms with van der Waals surface area (Å²) in [6.07, 6.45) is 6.70. The fourth-order valence-corrected chi connectivity index (χ4v) is 9.64. The predicted octanol–water partition coefficient (Wildman–Crippen LogP) is 12.3. The van der Waals surface area contributed by atoms with Gasteiger partial charge in [-0.1, -0.05) is 135 Å². The Hall–Kier alpha value is -5.92. The maximum Gasteiger partial charge on any atom is 0.164 e. The molecule has 0 aliphatic heterocycles. The smallest absolute Gasteiger partial charge is 0.164 e. The molecule has 4 atom stereocenters. The largest absolute Gasteiger partial charge is 0.208 e. The fraction of sp³-hybridized carbons (Fsp3) is 0.224. The molecule has 2 unspecified atom stereocenters. The molecule has 0 radical (unpaired) electrons. The van der Waals surface area contributed by atoms with E-state index in [-0.39, 0.29) is 0 Å². The van der Waals surface area contributed by atoms with Crippen LogP contribution in [0, 0.1) is 29.1 Å². The van der Waals surface area contributed by atoms with Crippen molar-refractivity contribution < 1.29 is 0 Å². The summed E-state index contributed by atoms with van der Waals surface area (Å²) in [6, 6.07) is 51.0. The van der Waals surface area contributed by atoms with Crippen molar-refractivity contribution in [2.45, 2.75) is 51.4 Å². The lowest BCUT2D eigenvalue weighted by Gasteiger charge is -2.50.